The third-order valence-electron chi connectivity index (χ3n) is 3.02. The highest BCUT2D eigenvalue weighted by Gasteiger charge is 2.08. The number of rotatable bonds is 4. The fourth-order valence-corrected chi connectivity index (χ4v) is 1.68. The van der Waals surface area contributed by atoms with Gasteiger partial charge in [0.25, 0.3) is 0 Å². The van der Waals surface area contributed by atoms with Gasteiger partial charge in [0.2, 0.25) is 0 Å². The van der Waals surface area contributed by atoms with Gasteiger partial charge in [-0.05, 0) is 37.1 Å². The maximum absolute atomic E-state index is 5.78. The third-order valence-corrected chi connectivity index (χ3v) is 3.02. The number of nitrogens with two attached hydrogens (primary N) is 1. The minimum absolute atomic E-state index is 0.0209. The predicted octanol–water partition coefficient (Wildman–Crippen LogP) is 3.47. The van der Waals surface area contributed by atoms with E-state index in [0.29, 0.717) is 0 Å². The van der Waals surface area contributed by atoms with Gasteiger partial charge in [-0.3, -0.25) is 0 Å². The second kappa shape index (κ2) is 5.69. The second-order valence-electron chi connectivity index (χ2n) is 4.57. The Balaban J connectivity index is 2.11. The van der Waals surface area contributed by atoms with Gasteiger partial charge < -0.3 is 10.5 Å². The standard InChI is InChI=1S/C16H19NO/c1-12(17)13(2)18-16-10-8-15(9-11-16)14-6-4-3-5-7-14/h3-13H,17H2,1-2H3/t12-,13?/m0/s1. The quantitative estimate of drug-likeness (QED) is 0.889. The van der Waals surface area contributed by atoms with Gasteiger partial charge in [-0.1, -0.05) is 42.5 Å². The summed E-state index contributed by atoms with van der Waals surface area (Å²) in [7, 11) is 0. The molecule has 2 aromatic carbocycles. The van der Waals surface area contributed by atoms with Crippen molar-refractivity contribution < 1.29 is 4.74 Å². The molecule has 2 aromatic rings. The molecule has 0 saturated carbocycles. The molecular weight excluding hydrogens is 222 g/mol. The van der Waals surface area contributed by atoms with E-state index in [4.69, 9.17) is 10.5 Å². The monoisotopic (exact) mass is 241 g/mol. The van der Waals surface area contributed by atoms with Crippen LogP contribution in [0.5, 0.6) is 5.75 Å². The van der Waals surface area contributed by atoms with E-state index in [2.05, 4.69) is 24.3 Å². The number of benzene rings is 2. The Bertz CT molecular complexity index is 476. The second-order valence-corrected chi connectivity index (χ2v) is 4.57. The molecule has 0 aliphatic rings. The van der Waals surface area contributed by atoms with Gasteiger partial charge in [-0.2, -0.15) is 0 Å². The van der Waals surface area contributed by atoms with Gasteiger partial charge in [0.1, 0.15) is 11.9 Å². The maximum atomic E-state index is 5.78. The molecule has 18 heavy (non-hydrogen) atoms. The molecule has 0 amide bonds. The Labute approximate surface area is 108 Å². The van der Waals surface area contributed by atoms with Gasteiger partial charge in [-0.25, -0.2) is 0 Å². The number of hydrogen-bond donors (Lipinski definition) is 1. The molecule has 2 heteroatoms. The van der Waals surface area contributed by atoms with E-state index >= 15 is 0 Å². The Morgan fingerprint density at radius 2 is 1.39 bits per heavy atom. The molecule has 0 aliphatic heterocycles. The van der Waals surface area contributed by atoms with Crippen LogP contribution < -0.4 is 10.5 Å². The highest BCUT2D eigenvalue weighted by Crippen LogP contribution is 2.22. The van der Waals surface area contributed by atoms with Crippen molar-refractivity contribution in [2.24, 2.45) is 5.73 Å². The first-order valence-electron chi connectivity index (χ1n) is 6.24. The van der Waals surface area contributed by atoms with Crippen molar-refractivity contribution >= 4 is 0 Å². The van der Waals surface area contributed by atoms with Crippen molar-refractivity contribution in [3.8, 4) is 16.9 Å². The van der Waals surface area contributed by atoms with Crippen LogP contribution in [-0.2, 0) is 0 Å². The van der Waals surface area contributed by atoms with E-state index < -0.39 is 0 Å². The molecule has 0 fully saturated rings. The van der Waals surface area contributed by atoms with Gasteiger partial charge in [0.15, 0.2) is 0 Å². The molecule has 2 N–H and O–H groups in total. The summed E-state index contributed by atoms with van der Waals surface area (Å²) in [6.07, 6.45) is 0.0209. The summed E-state index contributed by atoms with van der Waals surface area (Å²) in [5, 5.41) is 0. The molecule has 2 atom stereocenters. The highest BCUT2D eigenvalue weighted by molar-refractivity contribution is 5.63. The normalized spacial score (nSPS) is 13.9. The van der Waals surface area contributed by atoms with Crippen LogP contribution in [0.2, 0.25) is 0 Å². The Kier molecular flexibility index (Phi) is 4.00. The van der Waals surface area contributed by atoms with Crippen LogP contribution in [0.25, 0.3) is 11.1 Å². The fraction of sp³-hybridized carbons (Fsp3) is 0.250. The minimum Gasteiger partial charge on any atom is -0.489 e. The van der Waals surface area contributed by atoms with Crippen molar-refractivity contribution in [3.63, 3.8) is 0 Å². The zero-order valence-corrected chi connectivity index (χ0v) is 10.8. The first-order valence-corrected chi connectivity index (χ1v) is 6.24. The van der Waals surface area contributed by atoms with Gasteiger partial charge in [0.05, 0.1) is 0 Å². The minimum atomic E-state index is 0.0209. The molecule has 2 rings (SSSR count). The summed E-state index contributed by atoms with van der Waals surface area (Å²) in [5.41, 5.74) is 8.18. The van der Waals surface area contributed by atoms with Crippen molar-refractivity contribution in [1.82, 2.24) is 0 Å². The predicted molar refractivity (Wildman–Crippen MR) is 75.6 cm³/mol. The number of hydrogen-bond acceptors (Lipinski definition) is 2. The molecule has 2 nitrogen and oxygen atoms in total. The van der Waals surface area contributed by atoms with Gasteiger partial charge in [-0.15, -0.1) is 0 Å². The molecule has 0 saturated heterocycles. The first-order chi connectivity index (χ1) is 8.66. The van der Waals surface area contributed by atoms with Crippen LogP contribution in [-0.4, -0.2) is 12.1 Å². The van der Waals surface area contributed by atoms with Crippen LogP contribution in [0.3, 0.4) is 0 Å². The molecule has 0 spiro atoms. The lowest BCUT2D eigenvalue weighted by Crippen LogP contribution is -2.33. The smallest absolute Gasteiger partial charge is 0.119 e. The summed E-state index contributed by atoms with van der Waals surface area (Å²) in [6.45, 7) is 3.93. The Hall–Kier alpha value is -1.80. The molecule has 0 bridgehead atoms. The molecule has 94 valence electrons. The zero-order chi connectivity index (χ0) is 13.0. The molecule has 0 heterocycles. The van der Waals surface area contributed by atoms with Gasteiger partial charge >= 0.3 is 0 Å². The van der Waals surface area contributed by atoms with Crippen molar-refractivity contribution in [2.45, 2.75) is 26.0 Å². The summed E-state index contributed by atoms with van der Waals surface area (Å²) in [4.78, 5) is 0. The van der Waals surface area contributed by atoms with Crippen molar-refractivity contribution in [3.05, 3.63) is 54.6 Å². The summed E-state index contributed by atoms with van der Waals surface area (Å²) in [6, 6.07) is 18.4. The lowest BCUT2D eigenvalue weighted by molar-refractivity contribution is 0.196. The lowest BCUT2D eigenvalue weighted by atomic mass is 10.1. The van der Waals surface area contributed by atoms with Crippen LogP contribution in [0.4, 0.5) is 0 Å². The largest absolute Gasteiger partial charge is 0.489 e. The third kappa shape index (κ3) is 3.11. The topological polar surface area (TPSA) is 35.2 Å². The zero-order valence-electron chi connectivity index (χ0n) is 10.8. The van der Waals surface area contributed by atoms with Crippen molar-refractivity contribution in [2.75, 3.05) is 0 Å². The average Bonchev–Trinajstić information content (AvgIpc) is 2.40. The summed E-state index contributed by atoms with van der Waals surface area (Å²) < 4.78 is 5.74. The van der Waals surface area contributed by atoms with E-state index in [1.807, 2.05) is 44.2 Å². The Morgan fingerprint density at radius 1 is 0.833 bits per heavy atom. The van der Waals surface area contributed by atoms with Crippen LogP contribution in [0.1, 0.15) is 13.8 Å². The number of ether oxygens (including phenoxy) is 1. The molecule has 0 aliphatic carbocycles. The van der Waals surface area contributed by atoms with E-state index in [1.54, 1.807) is 0 Å². The van der Waals surface area contributed by atoms with E-state index in [0.717, 1.165) is 5.75 Å². The average molecular weight is 241 g/mol. The molecule has 0 aromatic heterocycles. The van der Waals surface area contributed by atoms with Crippen LogP contribution >= 0.6 is 0 Å². The van der Waals surface area contributed by atoms with Crippen LogP contribution in [0, 0.1) is 0 Å². The van der Waals surface area contributed by atoms with Crippen LogP contribution in [0.15, 0.2) is 54.6 Å². The molecule has 0 radical (unpaired) electrons. The molecule has 1 unspecified atom stereocenters. The fourth-order valence-electron chi connectivity index (χ4n) is 1.68. The van der Waals surface area contributed by atoms with E-state index in [1.165, 1.54) is 11.1 Å². The first kappa shape index (κ1) is 12.7. The van der Waals surface area contributed by atoms with E-state index in [-0.39, 0.29) is 12.1 Å². The molecular formula is C16H19NO. The lowest BCUT2D eigenvalue weighted by Gasteiger charge is -2.18. The summed E-state index contributed by atoms with van der Waals surface area (Å²) in [5.74, 6) is 0.861. The highest BCUT2D eigenvalue weighted by atomic mass is 16.5. The summed E-state index contributed by atoms with van der Waals surface area (Å²) >= 11 is 0. The SMILES string of the molecule is CC(Oc1ccc(-c2ccccc2)cc1)[C@H](C)N. The maximum Gasteiger partial charge on any atom is 0.119 e. The Morgan fingerprint density at radius 3 is 1.94 bits per heavy atom. The van der Waals surface area contributed by atoms with E-state index in [9.17, 15) is 0 Å². The van der Waals surface area contributed by atoms with Gasteiger partial charge in [0, 0.05) is 6.04 Å². The van der Waals surface area contributed by atoms with Crippen molar-refractivity contribution in [1.29, 1.82) is 0 Å².